The van der Waals surface area contributed by atoms with E-state index >= 15 is 0 Å². The summed E-state index contributed by atoms with van der Waals surface area (Å²) in [5.74, 6) is -1.06. The molecule has 6 nitrogen and oxygen atoms in total. The van der Waals surface area contributed by atoms with E-state index in [4.69, 9.17) is 0 Å². The van der Waals surface area contributed by atoms with Crippen molar-refractivity contribution < 1.29 is 14.7 Å². The van der Waals surface area contributed by atoms with Gasteiger partial charge in [-0.25, -0.2) is 14.6 Å². The molecule has 0 bridgehead atoms. The Labute approximate surface area is 129 Å². The van der Waals surface area contributed by atoms with Crippen LogP contribution in [0.1, 0.15) is 47.2 Å². The molecule has 1 heterocycles. The van der Waals surface area contributed by atoms with Crippen molar-refractivity contribution in [2.75, 3.05) is 5.32 Å². The van der Waals surface area contributed by atoms with Gasteiger partial charge in [0, 0.05) is 10.8 Å². The summed E-state index contributed by atoms with van der Waals surface area (Å²) in [5.41, 5.74) is 0.207. The van der Waals surface area contributed by atoms with Crippen LogP contribution in [0.5, 0.6) is 0 Å². The van der Waals surface area contributed by atoms with Crippen molar-refractivity contribution in [3.8, 4) is 0 Å². The molecule has 7 heteroatoms. The molecule has 1 aromatic rings. The molecule has 1 aromatic heterocycles. The fraction of sp³-hybridized carbons (Fsp3) is 0.643. The van der Waals surface area contributed by atoms with Crippen LogP contribution in [0.4, 0.5) is 9.93 Å². The van der Waals surface area contributed by atoms with E-state index in [-0.39, 0.29) is 5.41 Å². The van der Waals surface area contributed by atoms with Crippen molar-refractivity contribution in [2.45, 2.75) is 53.0 Å². The van der Waals surface area contributed by atoms with Gasteiger partial charge in [-0.15, -0.1) is 11.3 Å². The molecule has 0 radical (unpaired) electrons. The molecule has 0 aliphatic carbocycles. The van der Waals surface area contributed by atoms with E-state index in [0.29, 0.717) is 5.13 Å². The van der Waals surface area contributed by atoms with Crippen molar-refractivity contribution in [2.24, 2.45) is 5.41 Å². The summed E-state index contributed by atoms with van der Waals surface area (Å²) in [4.78, 5) is 27.5. The van der Waals surface area contributed by atoms with Crippen molar-refractivity contribution in [3.05, 3.63) is 11.1 Å². The van der Waals surface area contributed by atoms with Crippen LogP contribution in [0.2, 0.25) is 0 Å². The Morgan fingerprint density at radius 2 is 1.81 bits per heavy atom. The number of hydrogen-bond acceptors (Lipinski definition) is 4. The van der Waals surface area contributed by atoms with Crippen molar-refractivity contribution in [1.82, 2.24) is 10.3 Å². The van der Waals surface area contributed by atoms with Crippen LogP contribution in [0.15, 0.2) is 5.38 Å². The molecule has 0 saturated heterocycles. The quantitative estimate of drug-likeness (QED) is 0.799. The number of nitrogens with one attached hydrogen (secondary N) is 2. The van der Waals surface area contributed by atoms with Gasteiger partial charge in [0.25, 0.3) is 0 Å². The number of carboxylic acids is 1. The number of amides is 2. The second kappa shape index (κ2) is 6.01. The standard InChI is InChI=1S/C14H23N3O3S/c1-13(2,3)8-7-21-12(15-8)17-11(20)16-9(10(18)19)14(4,5)6/h7,9H,1-6H3,(H,18,19)(H2,15,16,17,20)/t9-/m1/s1. The largest absolute Gasteiger partial charge is 0.480 e. The Morgan fingerprint density at radius 1 is 1.24 bits per heavy atom. The van der Waals surface area contributed by atoms with Gasteiger partial charge in [-0.2, -0.15) is 0 Å². The highest BCUT2D eigenvalue weighted by atomic mass is 32.1. The maximum atomic E-state index is 11.9. The molecule has 1 rings (SSSR count). The lowest BCUT2D eigenvalue weighted by Gasteiger charge is -2.27. The van der Waals surface area contributed by atoms with Crippen LogP contribution in [-0.4, -0.2) is 28.1 Å². The third-order valence-corrected chi connectivity index (χ3v) is 3.64. The zero-order valence-corrected chi connectivity index (χ0v) is 14.1. The minimum Gasteiger partial charge on any atom is -0.480 e. The smallest absolute Gasteiger partial charge is 0.326 e. The lowest BCUT2D eigenvalue weighted by molar-refractivity contribution is -0.141. The number of carbonyl (C=O) groups is 2. The highest BCUT2D eigenvalue weighted by Gasteiger charge is 2.32. The molecule has 0 aliphatic rings. The first-order valence-corrected chi connectivity index (χ1v) is 7.55. The third-order valence-electron chi connectivity index (χ3n) is 2.88. The van der Waals surface area contributed by atoms with Gasteiger partial charge in [-0.3, -0.25) is 5.32 Å². The zero-order chi connectivity index (χ0) is 16.4. The number of thiazole rings is 1. The second-order valence-corrected chi connectivity index (χ2v) is 7.88. The molecule has 2 amide bonds. The minimum absolute atomic E-state index is 0.0953. The number of urea groups is 1. The Bertz CT molecular complexity index is 526. The maximum absolute atomic E-state index is 11.9. The molecule has 0 unspecified atom stereocenters. The van der Waals surface area contributed by atoms with Gasteiger partial charge in [0.2, 0.25) is 0 Å². The summed E-state index contributed by atoms with van der Waals surface area (Å²) in [5, 5.41) is 16.6. The van der Waals surface area contributed by atoms with E-state index in [9.17, 15) is 14.7 Å². The Morgan fingerprint density at radius 3 is 2.19 bits per heavy atom. The highest BCUT2D eigenvalue weighted by Crippen LogP contribution is 2.26. The minimum atomic E-state index is -1.06. The molecule has 0 aromatic carbocycles. The van der Waals surface area contributed by atoms with Gasteiger partial charge >= 0.3 is 12.0 Å². The number of hydrogen-bond donors (Lipinski definition) is 3. The first-order chi connectivity index (χ1) is 9.41. The normalized spacial score (nSPS) is 13.6. The fourth-order valence-corrected chi connectivity index (χ4v) is 2.52. The summed E-state index contributed by atoms with van der Waals surface area (Å²) >= 11 is 1.32. The number of aromatic nitrogens is 1. The molecule has 118 valence electrons. The van der Waals surface area contributed by atoms with E-state index < -0.39 is 23.5 Å². The highest BCUT2D eigenvalue weighted by molar-refractivity contribution is 7.13. The van der Waals surface area contributed by atoms with Crippen LogP contribution >= 0.6 is 11.3 Å². The van der Waals surface area contributed by atoms with E-state index in [1.807, 2.05) is 26.2 Å². The summed E-state index contributed by atoms with van der Waals surface area (Å²) in [6.45, 7) is 11.4. The maximum Gasteiger partial charge on any atom is 0.326 e. The molecular formula is C14H23N3O3S. The summed E-state index contributed by atoms with van der Waals surface area (Å²) in [6, 6.07) is -1.54. The molecule has 0 aliphatic heterocycles. The number of aliphatic carboxylic acids is 1. The number of carbonyl (C=O) groups excluding carboxylic acids is 1. The number of carboxylic acid groups (broad SMARTS) is 1. The van der Waals surface area contributed by atoms with E-state index in [1.165, 1.54) is 11.3 Å². The number of nitrogens with zero attached hydrogens (tertiary/aromatic N) is 1. The van der Waals surface area contributed by atoms with Crippen LogP contribution < -0.4 is 10.6 Å². The Hall–Kier alpha value is -1.63. The van der Waals surface area contributed by atoms with Gasteiger partial charge in [-0.1, -0.05) is 41.5 Å². The predicted octanol–water partition coefficient (Wildman–Crippen LogP) is 3.06. The molecule has 0 saturated carbocycles. The molecular weight excluding hydrogens is 290 g/mol. The van der Waals surface area contributed by atoms with E-state index in [0.717, 1.165) is 5.69 Å². The molecule has 21 heavy (non-hydrogen) atoms. The van der Waals surface area contributed by atoms with Crippen molar-refractivity contribution >= 4 is 28.5 Å². The topological polar surface area (TPSA) is 91.3 Å². The molecule has 1 atom stereocenters. The van der Waals surface area contributed by atoms with E-state index in [1.54, 1.807) is 20.8 Å². The van der Waals surface area contributed by atoms with E-state index in [2.05, 4.69) is 15.6 Å². The Balaban J connectivity index is 2.73. The van der Waals surface area contributed by atoms with Crippen LogP contribution in [-0.2, 0) is 10.2 Å². The number of anilines is 1. The first-order valence-electron chi connectivity index (χ1n) is 6.67. The SMILES string of the molecule is CC(C)(C)c1csc(NC(=O)N[C@H](C(=O)O)C(C)(C)C)n1. The average Bonchev–Trinajstić information content (AvgIpc) is 2.72. The van der Waals surface area contributed by atoms with Gasteiger partial charge in [0.1, 0.15) is 6.04 Å². The lowest BCUT2D eigenvalue weighted by Crippen LogP contribution is -2.50. The van der Waals surface area contributed by atoms with Crippen LogP contribution in [0.3, 0.4) is 0 Å². The van der Waals surface area contributed by atoms with Gasteiger partial charge in [-0.05, 0) is 5.41 Å². The summed E-state index contributed by atoms with van der Waals surface area (Å²) in [7, 11) is 0. The third kappa shape index (κ3) is 5.00. The lowest BCUT2D eigenvalue weighted by atomic mass is 9.87. The summed E-state index contributed by atoms with van der Waals surface area (Å²) < 4.78 is 0. The number of rotatable bonds is 3. The zero-order valence-electron chi connectivity index (χ0n) is 13.3. The Kier molecular flexibility index (Phi) is 4.99. The summed E-state index contributed by atoms with van der Waals surface area (Å²) in [6.07, 6.45) is 0. The molecule has 3 N–H and O–H groups in total. The van der Waals surface area contributed by atoms with Gasteiger partial charge in [0.15, 0.2) is 5.13 Å². The van der Waals surface area contributed by atoms with Gasteiger partial charge in [0.05, 0.1) is 5.69 Å². The molecule has 0 spiro atoms. The predicted molar refractivity (Wildman–Crippen MR) is 83.8 cm³/mol. The first kappa shape index (κ1) is 17.4. The monoisotopic (exact) mass is 313 g/mol. The second-order valence-electron chi connectivity index (χ2n) is 7.02. The fourth-order valence-electron chi connectivity index (χ4n) is 1.59. The van der Waals surface area contributed by atoms with Crippen LogP contribution in [0, 0.1) is 5.41 Å². The average molecular weight is 313 g/mol. The van der Waals surface area contributed by atoms with Crippen LogP contribution in [0.25, 0.3) is 0 Å². The molecule has 0 fully saturated rings. The van der Waals surface area contributed by atoms with Crippen molar-refractivity contribution in [1.29, 1.82) is 0 Å². The van der Waals surface area contributed by atoms with Gasteiger partial charge < -0.3 is 10.4 Å². The van der Waals surface area contributed by atoms with Crippen molar-refractivity contribution in [3.63, 3.8) is 0 Å².